The van der Waals surface area contributed by atoms with Gasteiger partial charge in [-0.3, -0.25) is 0 Å². The molecule has 0 aromatic heterocycles. The number of carbonyl (C=O) groups is 6. The van der Waals surface area contributed by atoms with Gasteiger partial charge in [0.2, 0.25) is 0 Å². The van der Waals surface area contributed by atoms with Crippen molar-refractivity contribution in [3.05, 3.63) is 73.3 Å². The maximum Gasteiger partial charge on any atom is 0.328 e. The van der Waals surface area contributed by atoms with Gasteiger partial charge >= 0.3 is 23.9 Å². The molecule has 0 bridgehead atoms. The number of allylic oxidation sites excluding steroid dienone is 2. The van der Waals surface area contributed by atoms with Gasteiger partial charge in [-0.25, -0.2) is 19.2 Å². The predicted octanol–water partition coefficient (Wildman–Crippen LogP) is -6.04. The normalized spacial score (nSPS) is 9.96. The van der Waals surface area contributed by atoms with Crippen LogP contribution in [0.2, 0.25) is 0 Å². The number of aliphatic hydroxyl groups is 2. The van der Waals surface area contributed by atoms with Crippen molar-refractivity contribution in [2.45, 2.75) is 12.8 Å². The van der Waals surface area contributed by atoms with Crippen molar-refractivity contribution >= 4 is 35.8 Å². The molecule has 18 N–H and O–H groups in total. The van der Waals surface area contributed by atoms with Crippen LogP contribution < -0.4 is 33.1 Å². The molecule has 330 valence electrons. The molecule has 0 atom stereocenters. The van der Waals surface area contributed by atoms with Crippen molar-refractivity contribution in [3.63, 3.8) is 0 Å². The summed E-state index contributed by atoms with van der Waals surface area (Å²) in [5.41, 5.74) is 14.8. The highest BCUT2D eigenvalue weighted by molar-refractivity contribution is 5.89. The number of rotatable bonds is 27. The van der Waals surface area contributed by atoms with Gasteiger partial charge in [0.1, 0.15) is 11.5 Å². The van der Waals surface area contributed by atoms with Gasteiger partial charge in [0.15, 0.2) is 0 Å². The summed E-state index contributed by atoms with van der Waals surface area (Å²) in [6, 6.07) is 0. The third-order valence-electron chi connectivity index (χ3n) is 4.33. The molecule has 23 heteroatoms. The topological polar surface area (TPSA) is 427 Å². The third kappa shape index (κ3) is 106. The van der Waals surface area contributed by atoms with Crippen molar-refractivity contribution in [1.82, 2.24) is 0 Å². The zero-order chi connectivity index (χ0) is 45.1. The van der Waals surface area contributed by atoms with Crippen LogP contribution in [-0.2, 0) is 52.5 Å². The highest BCUT2D eigenvalue weighted by atomic mass is 16.5. The Morgan fingerprint density at radius 1 is 0.386 bits per heavy atom. The lowest BCUT2D eigenvalue weighted by Crippen LogP contribution is -2.52. The van der Waals surface area contributed by atoms with E-state index >= 15 is 0 Å². The molecule has 0 aromatic carbocycles. The fourth-order valence-corrected chi connectivity index (χ4v) is 2.09. The van der Waals surface area contributed by atoms with Crippen LogP contribution >= 0.6 is 0 Å². The molecule has 0 amide bonds. The Morgan fingerprint density at radius 2 is 0.614 bits per heavy atom. The molecule has 0 saturated carbocycles. The molecule has 0 aliphatic carbocycles. The Kier molecular flexibility index (Phi) is 61.0. The molecule has 0 heterocycles. The van der Waals surface area contributed by atoms with Gasteiger partial charge in [-0.1, -0.05) is 13.2 Å². The molecular weight excluding hydrogens is 768 g/mol. The van der Waals surface area contributed by atoms with Crippen LogP contribution in [0.25, 0.3) is 0 Å². The quantitative estimate of drug-likeness (QED) is 0.0159. The molecule has 0 aliphatic heterocycles. The fraction of sp³-hybridized carbons (Fsp3) is 0.471. The number of quaternary nitrogens is 4. The molecule has 0 spiro atoms. The van der Waals surface area contributed by atoms with E-state index in [1.54, 1.807) is 0 Å². The molecule has 0 radical (unpaired) electrons. The number of carboxylic acid groups (broad SMARTS) is 6. The van der Waals surface area contributed by atoms with Gasteiger partial charge in [-0.05, 0) is 24.3 Å². The average Bonchev–Trinajstić information content (AvgIpc) is 3.13. The number of hydrogen-bond donors (Lipinski definition) is 10. The molecule has 0 aliphatic rings. The summed E-state index contributed by atoms with van der Waals surface area (Å²) in [4.78, 5) is 57.3. The average molecular weight is 831 g/mol. The van der Waals surface area contributed by atoms with Crippen molar-refractivity contribution in [1.29, 1.82) is 0 Å². The highest BCUT2D eigenvalue weighted by Gasteiger charge is 1.92. The Bertz CT molecular complexity index is 955. The Morgan fingerprint density at radius 3 is 0.772 bits per heavy atom. The SMILES string of the molecule is C=C(O)/C=C\C(=O)O.C=C(O)/C=C\C(=O)O.O=C([O-])/C=C\C(=O)O.O=C([O-])/C=C\C(=O)O.[NH3+]CCCOCCOCCOCCC[NH3+].[NH3+]CCOCCOCC[NH3+]. The fourth-order valence-electron chi connectivity index (χ4n) is 2.09. The first-order valence-corrected chi connectivity index (χ1v) is 16.7. The number of ether oxygens (including phenoxy) is 5. The van der Waals surface area contributed by atoms with E-state index in [1.807, 2.05) is 0 Å². The van der Waals surface area contributed by atoms with Crippen molar-refractivity contribution in [2.75, 3.05) is 92.2 Å². The predicted molar refractivity (Wildman–Crippen MR) is 195 cm³/mol. The van der Waals surface area contributed by atoms with Crippen molar-refractivity contribution in [3.8, 4) is 0 Å². The van der Waals surface area contributed by atoms with Crippen LogP contribution in [0.5, 0.6) is 0 Å². The first-order valence-electron chi connectivity index (χ1n) is 16.7. The summed E-state index contributed by atoms with van der Waals surface area (Å²) in [5.74, 6) is -8.32. The van der Waals surface area contributed by atoms with E-state index in [2.05, 4.69) is 36.1 Å². The summed E-state index contributed by atoms with van der Waals surface area (Å²) in [7, 11) is 0. The number of carboxylic acids is 6. The van der Waals surface area contributed by atoms with Gasteiger partial charge in [0, 0.05) is 37.1 Å². The molecule has 23 nitrogen and oxygen atoms in total. The molecule has 0 saturated heterocycles. The van der Waals surface area contributed by atoms with Gasteiger partial charge < -0.3 is 97.1 Å². The van der Waals surface area contributed by atoms with Crippen LogP contribution in [-0.4, -0.2) is 159 Å². The Balaban J connectivity index is -0.000000140. The molecule has 0 aromatic rings. The van der Waals surface area contributed by atoms with Gasteiger partial charge in [-0.15, -0.1) is 0 Å². The van der Waals surface area contributed by atoms with Crippen LogP contribution in [0.15, 0.2) is 73.3 Å². The smallest absolute Gasteiger partial charge is 0.328 e. The second-order valence-corrected chi connectivity index (χ2v) is 9.49. The van der Waals surface area contributed by atoms with Gasteiger partial charge in [0.05, 0.1) is 104 Å². The lowest BCUT2D eigenvalue weighted by molar-refractivity contribution is -0.376. The minimum absolute atomic E-state index is 0.257. The van der Waals surface area contributed by atoms with Crippen LogP contribution in [0.3, 0.4) is 0 Å². The van der Waals surface area contributed by atoms with E-state index in [1.165, 1.54) is 0 Å². The number of aliphatic hydroxyl groups excluding tert-OH is 2. The highest BCUT2D eigenvalue weighted by Crippen LogP contribution is 1.85. The first-order chi connectivity index (χ1) is 26.8. The third-order valence-corrected chi connectivity index (χ3v) is 4.33. The summed E-state index contributed by atoms with van der Waals surface area (Å²) in [6.07, 6.45) is 7.55. The van der Waals surface area contributed by atoms with Crippen LogP contribution in [0.1, 0.15) is 12.8 Å². The minimum atomic E-state index is -1.51. The minimum Gasteiger partial charge on any atom is -0.545 e. The lowest BCUT2D eigenvalue weighted by Gasteiger charge is -2.05. The number of hydrogen-bond acceptors (Lipinski definition) is 15. The molecule has 57 heavy (non-hydrogen) atoms. The molecule has 0 fully saturated rings. The summed E-state index contributed by atoms with van der Waals surface area (Å²) in [6.45, 7) is 16.6. The van der Waals surface area contributed by atoms with E-state index in [0.717, 1.165) is 89.8 Å². The Labute approximate surface area is 330 Å². The van der Waals surface area contributed by atoms with E-state index in [9.17, 15) is 39.0 Å². The number of carbonyl (C=O) groups excluding carboxylic acids is 2. The second kappa shape index (κ2) is 54.8. The summed E-state index contributed by atoms with van der Waals surface area (Å²) >= 11 is 0. The second-order valence-electron chi connectivity index (χ2n) is 9.49. The van der Waals surface area contributed by atoms with Gasteiger partial charge in [0.25, 0.3) is 0 Å². The van der Waals surface area contributed by atoms with E-state index in [0.29, 0.717) is 63.9 Å². The van der Waals surface area contributed by atoms with Crippen molar-refractivity contribution in [2.24, 2.45) is 0 Å². The van der Waals surface area contributed by atoms with E-state index < -0.39 is 35.8 Å². The zero-order valence-electron chi connectivity index (χ0n) is 32.2. The van der Waals surface area contributed by atoms with Gasteiger partial charge in [-0.2, -0.15) is 0 Å². The molecular formula is C34H62N4O19+2. The first kappa shape index (κ1) is 63.4. The van der Waals surface area contributed by atoms with Crippen molar-refractivity contribution < 1.29 is 116 Å². The lowest BCUT2D eigenvalue weighted by atomic mass is 10.4. The number of aliphatic carboxylic acids is 6. The Hall–Kier alpha value is -5.50. The molecule has 0 unspecified atom stereocenters. The maximum atomic E-state index is 9.66. The monoisotopic (exact) mass is 830 g/mol. The maximum absolute atomic E-state index is 9.66. The largest absolute Gasteiger partial charge is 0.545 e. The summed E-state index contributed by atoms with van der Waals surface area (Å²) in [5, 5.41) is 66.8. The van der Waals surface area contributed by atoms with Crippen LogP contribution in [0.4, 0.5) is 0 Å². The zero-order valence-corrected chi connectivity index (χ0v) is 32.2. The van der Waals surface area contributed by atoms with Crippen LogP contribution in [0, 0.1) is 0 Å². The van der Waals surface area contributed by atoms with E-state index in [-0.39, 0.29) is 11.5 Å². The van der Waals surface area contributed by atoms with E-state index in [4.69, 9.17) is 54.3 Å². The summed E-state index contributed by atoms with van der Waals surface area (Å²) < 4.78 is 26.2. The standard InChI is InChI=1S/C10H24N2O3.C6H16N2O2.2C5H6O3.2C4H4O4/c11-3-1-5-13-7-9-15-10-8-14-6-2-4-12;7-1-3-9-5-6-10-4-2-8;2*1-4(6)2-3-5(7)8;2*5-3(6)1-2-4(7)8/h1-12H2;1-8H2;2*2-3,6H,1H2,(H,7,8);2*1-2H,(H,5,6)(H,7,8)/p+2/b;;2*3-2-;2*2-1-. The molecule has 0 rings (SSSR count).